The van der Waals surface area contributed by atoms with Gasteiger partial charge in [0, 0.05) is 12.1 Å². The number of rotatable bonds is 7. The molecule has 0 fully saturated rings. The first kappa shape index (κ1) is 21.1. The first-order chi connectivity index (χ1) is 15.7. The molecule has 2 N–H and O–H groups in total. The van der Waals surface area contributed by atoms with Gasteiger partial charge in [0.25, 0.3) is 5.91 Å². The normalized spacial score (nSPS) is 10.4. The first-order valence-corrected chi connectivity index (χ1v) is 10.5. The molecule has 0 aliphatic heterocycles. The molecule has 0 saturated carbocycles. The van der Waals surface area contributed by atoms with E-state index in [2.05, 4.69) is 28.8 Å². The van der Waals surface area contributed by atoms with Gasteiger partial charge in [0.15, 0.2) is 0 Å². The van der Waals surface area contributed by atoms with Gasteiger partial charge in [-0.25, -0.2) is 0 Å². The molecule has 0 aromatic heterocycles. The molecule has 158 valence electrons. The zero-order chi connectivity index (χ0) is 22.2. The SMILES string of the molecule is O=C(CNC(=O)c1ccc(-c2ccccc2)cc1)NCc1cccc(-c2ccccc2)c1. The molecule has 0 aliphatic rings. The molecule has 0 heterocycles. The molecular weight excluding hydrogens is 396 g/mol. The summed E-state index contributed by atoms with van der Waals surface area (Å²) < 4.78 is 0. The van der Waals surface area contributed by atoms with E-state index in [9.17, 15) is 9.59 Å². The van der Waals surface area contributed by atoms with Gasteiger partial charge < -0.3 is 10.6 Å². The standard InChI is InChI=1S/C28H24N2O2/c31-27(29-19-21-8-7-13-26(18-21)23-11-5-2-6-12-23)20-30-28(32)25-16-14-24(15-17-25)22-9-3-1-4-10-22/h1-18H,19-20H2,(H,29,31)(H,30,32). The first-order valence-electron chi connectivity index (χ1n) is 10.5. The van der Waals surface area contributed by atoms with E-state index >= 15 is 0 Å². The number of nitrogens with one attached hydrogen (secondary N) is 2. The zero-order valence-electron chi connectivity index (χ0n) is 17.6. The maximum absolute atomic E-state index is 12.4. The molecule has 32 heavy (non-hydrogen) atoms. The minimum atomic E-state index is -0.272. The molecule has 0 unspecified atom stereocenters. The number of amides is 2. The van der Waals surface area contributed by atoms with Crippen LogP contribution in [0.1, 0.15) is 15.9 Å². The molecule has 0 radical (unpaired) electrons. The molecule has 0 aliphatic carbocycles. The van der Waals surface area contributed by atoms with E-state index in [-0.39, 0.29) is 18.4 Å². The van der Waals surface area contributed by atoms with Crippen molar-refractivity contribution in [3.63, 3.8) is 0 Å². The number of carbonyl (C=O) groups is 2. The Kier molecular flexibility index (Phi) is 6.73. The molecule has 4 heteroatoms. The lowest BCUT2D eigenvalue weighted by molar-refractivity contribution is -0.120. The van der Waals surface area contributed by atoms with Crippen molar-refractivity contribution >= 4 is 11.8 Å². The third-order valence-corrected chi connectivity index (χ3v) is 5.19. The molecular formula is C28H24N2O2. The molecule has 4 aromatic carbocycles. The van der Waals surface area contributed by atoms with Crippen molar-refractivity contribution in [2.24, 2.45) is 0 Å². The van der Waals surface area contributed by atoms with E-state index in [0.717, 1.165) is 27.8 Å². The van der Waals surface area contributed by atoms with Crippen LogP contribution in [-0.2, 0) is 11.3 Å². The van der Waals surface area contributed by atoms with Crippen molar-refractivity contribution in [2.45, 2.75) is 6.54 Å². The van der Waals surface area contributed by atoms with Crippen LogP contribution in [-0.4, -0.2) is 18.4 Å². The third-order valence-electron chi connectivity index (χ3n) is 5.19. The van der Waals surface area contributed by atoms with Gasteiger partial charge in [-0.3, -0.25) is 9.59 Å². The second-order valence-electron chi connectivity index (χ2n) is 7.47. The van der Waals surface area contributed by atoms with Crippen LogP contribution >= 0.6 is 0 Å². The van der Waals surface area contributed by atoms with Crippen LogP contribution in [0.4, 0.5) is 0 Å². The van der Waals surface area contributed by atoms with Gasteiger partial charge in [-0.2, -0.15) is 0 Å². The second kappa shape index (κ2) is 10.2. The molecule has 4 rings (SSSR count). The fraction of sp³-hybridized carbons (Fsp3) is 0.0714. The van der Waals surface area contributed by atoms with E-state index in [1.54, 1.807) is 12.1 Å². The van der Waals surface area contributed by atoms with Gasteiger partial charge >= 0.3 is 0 Å². The summed E-state index contributed by atoms with van der Waals surface area (Å²) in [6, 6.07) is 35.5. The van der Waals surface area contributed by atoms with Crippen LogP contribution in [0, 0.1) is 0 Å². The lowest BCUT2D eigenvalue weighted by atomic mass is 10.0. The van der Waals surface area contributed by atoms with Crippen LogP contribution in [0.25, 0.3) is 22.3 Å². The summed E-state index contributed by atoms with van der Waals surface area (Å²) in [5.74, 6) is -0.504. The monoisotopic (exact) mass is 420 g/mol. The van der Waals surface area contributed by atoms with Gasteiger partial charge in [0.05, 0.1) is 6.54 Å². The van der Waals surface area contributed by atoms with Gasteiger partial charge in [0.2, 0.25) is 5.91 Å². The number of benzene rings is 4. The third kappa shape index (κ3) is 5.49. The molecule has 4 aromatic rings. The summed E-state index contributed by atoms with van der Waals surface area (Å²) in [4.78, 5) is 24.6. The molecule has 4 nitrogen and oxygen atoms in total. The van der Waals surface area contributed by atoms with Crippen LogP contribution in [0.15, 0.2) is 109 Å². The van der Waals surface area contributed by atoms with Crippen molar-refractivity contribution in [3.8, 4) is 22.3 Å². The molecule has 0 spiro atoms. The van der Waals surface area contributed by atoms with E-state index in [1.165, 1.54) is 0 Å². The highest BCUT2D eigenvalue weighted by Crippen LogP contribution is 2.20. The van der Waals surface area contributed by atoms with Crippen LogP contribution in [0.3, 0.4) is 0 Å². The lowest BCUT2D eigenvalue weighted by Crippen LogP contribution is -2.36. The quantitative estimate of drug-likeness (QED) is 0.439. The Bertz CT molecular complexity index is 1190. The number of carbonyl (C=O) groups excluding carboxylic acids is 2. The minimum absolute atomic E-state index is 0.0718. The summed E-state index contributed by atoms with van der Waals surface area (Å²) in [6.45, 7) is 0.332. The number of hydrogen-bond acceptors (Lipinski definition) is 2. The van der Waals surface area contributed by atoms with Crippen molar-refractivity contribution in [3.05, 3.63) is 120 Å². The average molecular weight is 421 g/mol. The summed E-state index contributed by atoms with van der Waals surface area (Å²) in [5.41, 5.74) is 5.89. The Morgan fingerprint density at radius 3 is 1.78 bits per heavy atom. The summed E-state index contributed by atoms with van der Waals surface area (Å²) in [7, 11) is 0. The van der Waals surface area contributed by atoms with Crippen molar-refractivity contribution in [2.75, 3.05) is 6.54 Å². The van der Waals surface area contributed by atoms with E-state index in [0.29, 0.717) is 12.1 Å². The van der Waals surface area contributed by atoms with Gasteiger partial charge in [-0.05, 0) is 46.0 Å². The fourth-order valence-corrected chi connectivity index (χ4v) is 3.46. The highest BCUT2D eigenvalue weighted by atomic mass is 16.2. The van der Waals surface area contributed by atoms with Gasteiger partial charge in [0.1, 0.15) is 0 Å². The zero-order valence-corrected chi connectivity index (χ0v) is 17.6. The smallest absolute Gasteiger partial charge is 0.251 e. The topological polar surface area (TPSA) is 58.2 Å². The van der Waals surface area contributed by atoms with Crippen molar-refractivity contribution < 1.29 is 9.59 Å². The van der Waals surface area contributed by atoms with E-state index in [1.807, 2.05) is 78.9 Å². The molecule has 0 saturated heterocycles. The lowest BCUT2D eigenvalue weighted by Gasteiger charge is -2.09. The molecule has 2 amide bonds. The van der Waals surface area contributed by atoms with Crippen LogP contribution in [0.2, 0.25) is 0 Å². The second-order valence-corrected chi connectivity index (χ2v) is 7.47. The maximum atomic E-state index is 12.4. The van der Waals surface area contributed by atoms with Crippen molar-refractivity contribution in [1.29, 1.82) is 0 Å². The Labute approximate surface area is 187 Å². The van der Waals surface area contributed by atoms with Crippen LogP contribution < -0.4 is 10.6 Å². The summed E-state index contributed by atoms with van der Waals surface area (Å²) in [5, 5.41) is 5.54. The van der Waals surface area contributed by atoms with Gasteiger partial charge in [-0.15, -0.1) is 0 Å². The largest absolute Gasteiger partial charge is 0.350 e. The molecule has 0 bridgehead atoms. The highest BCUT2D eigenvalue weighted by molar-refractivity contribution is 5.96. The maximum Gasteiger partial charge on any atom is 0.251 e. The Hall–Kier alpha value is -4.18. The van der Waals surface area contributed by atoms with E-state index in [4.69, 9.17) is 0 Å². The predicted molar refractivity (Wildman–Crippen MR) is 128 cm³/mol. The van der Waals surface area contributed by atoms with Crippen molar-refractivity contribution in [1.82, 2.24) is 10.6 Å². The minimum Gasteiger partial charge on any atom is -0.350 e. The predicted octanol–water partition coefficient (Wildman–Crippen LogP) is 5.07. The highest BCUT2D eigenvalue weighted by Gasteiger charge is 2.09. The summed E-state index contributed by atoms with van der Waals surface area (Å²) >= 11 is 0. The van der Waals surface area contributed by atoms with Crippen LogP contribution in [0.5, 0.6) is 0 Å². The van der Waals surface area contributed by atoms with E-state index < -0.39 is 0 Å². The molecule has 0 atom stereocenters. The van der Waals surface area contributed by atoms with Gasteiger partial charge in [-0.1, -0.05) is 91.0 Å². The Morgan fingerprint density at radius 1 is 0.562 bits per heavy atom. The Morgan fingerprint density at radius 2 is 1.12 bits per heavy atom. The Balaban J connectivity index is 1.27. The fourth-order valence-electron chi connectivity index (χ4n) is 3.46. The average Bonchev–Trinajstić information content (AvgIpc) is 2.87. The number of hydrogen-bond donors (Lipinski definition) is 2. The summed E-state index contributed by atoms with van der Waals surface area (Å²) in [6.07, 6.45) is 0.